The molecule has 1 aromatic rings. The molecule has 5 nitrogen and oxygen atoms in total. The number of hydrogen-bond acceptors (Lipinski definition) is 6. The molecule has 1 unspecified atom stereocenters. The van der Waals surface area contributed by atoms with Crippen molar-refractivity contribution in [1.29, 1.82) is 0 Å². The molecule has 0 saturated heterocycles. The van der Waals surface area contributed by atoms with E-state index in [9.17, 15) is 0 Å². The zero-order valence-electron chi connectivity index (χ0n) is 11.5. The summed E-state index contributed by atoms with van der Waals surface area (Å²) in [5.74, 6) is 3.19. The lowest BCUT2D eigenvalue weighted by atomic mass is 10.3. The molecule has 0 bridgehead atoms. The zero-order valence-corrected chi connectivity index (χ0v) is 12.3. The third-order valence-electron chi connectivity index (χ3n) is 2.35. The molecule has 0 fully saturated rings. The molecule has 1 heterocycles. The predicted molar refractivity (Wildman–Crippen MR) is 78.8 cm³/mol. The molecule has 102 valence electrons. The Hall–Kier alpha value is -1.17. The van der Waals surface area contributed by atoms with Crippen LogP contribution in [-0.4, -0.2) is 41.7 Å². The van der Waals surface area contributed by atoms with Crippen molar-refractivity contribution < 1.29 is 4.74 Å². The molecule has 0 spiro atoms. The van der Waals surface area contributed by atoms with Crippen molar-refractivity contribution in [3.05, 3.63) is 6.33 Å². The van der Waals surface area contributed by atoms with E-state index < -0.39 is 0 Å². The Bertz CT molecular complexity index is 362. The van der Waals surface area contributed by atoms with Gasteiger partial charge >= 0.3 is 0 Å². The summed E-state index contributed by atoms with van der Waals surface area (Å²) >= 11 is 1.80. The van der Waals surface area contributed by atoms with Gasteiger partial charge in [-0.05, 0) is 19.6 Å². The first-order chi connectivity index (χ1) is 8.72. The molecule has 0 aliphatic heterocycles. The first-order valence-electron chi connectivity index (χ1n) is 6.11. The molecule has 1 aromatic heterocycles. The predicted octanol–water partition coefficient (Wildman–Crippen LogP) is 2.47. The van der Waals surface area contributed by atoms with E-state index in [1.165, 1.54) is 0 Å². The quantitative estimate of drug-likeness (QED) is 0.757. The third kappa shape index (κ3) is 4.25. The molecular formula is C12H22N4OS. The standard InChI is InChI=1S/C12H22N4OS/c1-5-6-13-11-10(17-3)12(15-8-14-11)16-9(2)7-18-4/h8-9H,5-7H2,1-4H3,(H2,13,14,15,16). The van der Waals surface area contributed by atoms with Gasteiger partial charge in [-0.1, -0.05) is 6.92 Å². The maximum absolute atomic E-state index is 5.40. The topological polar surface area (TPSA) is 59.1 Å². The van der Waals surface area contributed by atoms with Crippen LogP contribution >= 0.6 is 11.8 Å². The summed E-state index contributed by atoms with van der Waals surface area (Å²) in [6, 6.07) is 0.336. The normalized spacial score (nSPS) is 12.0. The number of aromatic nitrogens is 2. The summed E-state index contributed by atoms with van der Waals surface area (Å²) in [5.41, 5.74) is 0. The monoisotopic (exact) mass is 270 g/mol. The van der Waals surface area contributed by atoms with Crippen LogP contribution in [-0.2, 0) is 0 Å². The largest absolute Gasteiger partial charge is 0.490 e. The Morgan fingerprint density at radius 2 is 2.11 bits per heavy atom. The molecule has 18 heavy (non-hydrogen) atoms. The lowest BCUT2D eigenvalue weighted by molar-refractivity contribution is 0.414. The molecule has 6 heteroatoms. The Kier molecular flexibility index (Phi) is 6.64. The zero-order chi connectivity index (χ0) is 13.4. The smallest absolute Gasteiger partial charge is 0.204 e. The average Bonchev–Trinajstić information content (AvgIpc) is 2.36. The number of nitrogens with one attached hydrogen (secondary N) is 2. The van der Waals surface area contributed by atoms with Gasteiger partial charge in [-0.2, -0.15) is 11.8 Å². The van der Waals surface area contributed by atoms with Crippen LogP contribution in [0, 0.1) is 0 Å². The van der Waals surface area contributed by atoms with E-state index in [0.717, 1.165) is 30.4 Å². The van der Waals surface area contributed by atoms with Gasteiger partial charge in [0.05, 0.1) is 7.11 Å². The van der Waals surface area contributed by atoms with Crippen molar-refractivity contribution in [2.75, 3.05) is 36.3 Å². The SMILES string of the molecule is CCCNc1ncnc(NC(C)CSC)c1OC. The molecule has 0 radical (unpaired) electrons. The number of methoxy groups -OCH3 is 1. The number of thioether (sulfide) groups is 1. The Morgan fingerprint density at radius 1 is 1.39 bits per heavy atom. The summed E-state index contributed by atoms with van der Waals surface area (Å²) in [4.78, 5) is 8.45. The van der Waals surface area contributed by atoms with E-state index in [0.29, 0.717) is 11.8 Å². The van der Waals surface area contributed by atoms with Gasteiger partial charge in [0, 0.05) is 18.3 Å². The summed E-state index contributed by atoms with van der Waals surface area (Å²) in [6.45, 7) is 5.10. The second-order valence-electron chi connectivity index (χ2n) is 4.03. The minimum absolute atomic E-state index is 0.336. The summed E-state index contributed by atoms with van der Waals surface area (Å²) in [6.07, 6.45) is 4.68. The third-order valence-corrected chi connectivity index (χ3v) is 3.18. The van der Waals surface area contributed by atoms with Gasteiger partial charge in [-0.15, -0.1) is 0 Å². The second kappa shape index (κ2) is 8.02. The van der Waals surface area contributed by atoms with Crippen LogP contribution in [0.1, 0.15) is 20.3 Å². The second-order valence-corrected chi connectivity index (χ2v) is 4.94. The van der Waals surface area contributed by atoms with Crippen LogP contribution in [0.25, 0.3) is 0 Å². The Morgan fingerprint density at radius 3 is 2.72 bits per heavy atom. The van der Waals surface area contributed by atoms with Gasteiger partial charge in [0.25, 0.3) is 0 Å². The first-order valence-corrected chi connectivity index (χ1v) is 7.50. The van der Waals surface area contributed by atoms with E-state index in [1.807, 2.05) is 0 Å². The maximum Gasteiger partial charge on any atom is 0.204 e. The van der Waals surface area contributed by atoms with Crippen LogP contribution in [0.5, 0.6) is 5.75 Å². The van der Waals surface area contributed by atoms with Crippen molar-refractivity contribution in [2.45, 2.75) is 26.3 Å². The summed E-state index contributed by atoms with van der Waals surface area (Å²) in [7, 11) is 1.64. The molecular weight excluding hydrogens is 248 g/mol. The Labute approximate surface area is 113 Å². The number of anilines is 2. The number of rotatable bonds is 8. The first kappa shape index (κ1) is 14.9. The summed E-state index contributed by atoms with van der Waals surface area (Å²) in [5, 5.41) is 6.58. The minimum Gasteiger partial charge on any atom is -0.490 e. The number of nitrogens with zero attached hydrogens (tertiary/aromatic N) is 2. The van der Waals surface area contributed by atoms with Crippen molar-refractivity contribution in [1.82, 2.24) is 9.97 Å². The highest BCUT2D eigenvalue weighted by Gasteiger charge is 2.13. The molecule has 0 amide bonds. The van der Waals surface area contributed by atoms with E-state index in [4.69, 9.17) is 4.74 Å². The van der Waals surface area contributed by atoms with Gasteiger partial charge in [0.15, 0.2) is 11.6 Å². The highest BCUT2D eigenvalue weighted by atomic mass is 32.2. The average molecular weight is 270 g/mol. The van der Waals surface area contributed by atoms with Crippen molar-refractivity contribution in [3.8, 4) is 5.75 Å². The molecule has 2 N–H and O–H groups in total. The molecule has 1 rings (SSSR count). The highest BCUT2D eigenvalue weighted by molar-refractivity contribution is 7.98. The fourth-order valence-electron chi connectivity index (χ4n) is 1.56. The van der Waals surface area contributed by atoms with Gasteiger partial charge < -0.3 is 15.4 Å². The molecule has 0 aromatic carbocycles. The summed E-state index contributed by atoms with van der Waals surface area (Å²) < 4.78 is 5.40. The molecule has 0 aliphatic rings. The van der Waals surface area contributed by atoms with E-state index in [-0.39, 0.29) is 0 Å². The fraction of sp³-hybridized carbons (Fsp3) is 0.667. The van der Waals surface area contributed by atoms with Crippen molar-refractivity contribution in [2.24, 2.45) is 0 Å². The lowest BCUT2D eigenvalue weighted by Crippen LogP contribution is -2.19. The van der Waals surface area contributed by atoms with Crippen LogP contribution in [0.2, 0.25) is 0 Å². The molecule has 0 saturated carbocycles. The van der Waals surface area contributed by atoms with Crippen LogP contribution in [0.3, 0.4) is 0 Å². The van der Waals surface area contributed by atoms with Crippen LogP contribution in [0.4, 0.5) is 11.6 Å². The fourth-order valence-corrected chi connectivity index (χ4v) is 2.15. The van der Waals surface area contributed by atoms with Crippen molar-refractivity contribution >= 4 is 23.4 Å². The highest BCUT2D eigenvalue weighted by Crippen LogP contribution is 2.29. The van der Waals surface area contributed by atoms with Crippen LogP contribution in [0.15, 0.2) is 6.33 Å². The van der Waals surface area contributed by atoms with Gasteiger partial charge in [-0.25, -0.2) is 9.97 Å². The van der Waals surface area contributed by atoms with Crippen molar-refractivity contribution in [3.63, 3.8) is 0 Å². The van der Waals surface area contributed by atoms with E-state index in [2.05, 4.69) is 40.7 Å². The number of ether oxygens (including phenoxy) is 1. The van der Waals surface area contributed by atoms with Gasteiger partial charge in [0.1, 0.15) is 6.33 Å². The maximum atomic E-state index is 5.40. The minimum atomic E-state index is 0.336. The molecule has 1 atom stereocenters. The molecule has 0 aliphatic carbocycles. The van der Waals surface area contributed by atoms with Gasteiger partial charge in [0.2, 0.25) is 5.75 Å². The van der Waals surface area contributed by atoms with E-state index >= 15 is 0 Å². The van der Waals surface area contributed by atoms with Gasteiger partial charge in [-0.3, -0.25) is 0 Å². The number of hydrogen-bond donors (Lipinski definition) is 2. The Balaban J connectivity index is 2.83. The lowest BCUT2D eigenvalue weighted by Gasteiger charge is -2.17. The van der Waals surface area contributed by atoms with Crippen LogP contribution < -0.4 is 15.4 Å². The van der Waals surface area contributed by atoms with E-state index in [1.54, 1.807) is 25.2 Å².